The maximum absolute atomic E-state index is 6.42. The van der Waals surface area contributed by atoms with Crippen LogP contribution < -0.4 is 5.73 Å². The average molecular weight is 560 g/mol. The van der Waals surface area contributed by atoms with Crippen LogP contribution in [-0.4, -0.2) is 0 Å². The highest BCUT2D eigenvalue weighted by molar-refractivity contribution is 14.1. The van der Waals surface area contributed by atoms with Crippen LogP contribution in [0.5, 0.6) is 0 Å². The van der Waals surface area contributed by atoms with Crippen LogP contribution >= 0.6 is 70.4 Å². The minimum atomic E-state index is -0.171. The summed E-state index contributed by atoms with van der Waals surface area (Å²) in [6, 6.07) is 10.2. The smallest absolute Gasteiger partial charge is 0.0574 e. The molecule has 2 N–H and O–H groups in total. The molecule has 0 radical (unpaired) electrons. The van der Waals surface area contributed by atoms with Crippen molar-refractivity contribution in [1.29, 1.82) is 0 Å². The van der Waals surface area contributed by atoms with Crippen molar-refractivity contribution in [2.45, 2.75) is 13.0 Å². The van der Waals surface area contributed by atoms with E-state index in [1.807, 2.05) is 6.07 Å². The molecule has 0 heterocycles. The first-order chi connectivity index (χ1) is 8.90. The van der Waals surface area contributed by atoms with Crippen molar-refractivity contribution in [2.75, 3.05) is 0 Å². The van der Waals surface area contributed by atoms with Crippen LogP contribution in [0.25, 0.3) is 0 Å². The lowest BCUT2D eigenvalue weighted by Gasteiger charge is -2.17. The molecule has 1 nitrogen and oxygen atoms in total. The summed E-state index contributed by atoms with van der Waals surface area (Å²) in [4.78, 5) is 0. The fourth-order valence-corrected chi connectivity index (χ4v) is 3.89. The van der Waals surface area contributed by atoms with Crippen molar-refractivity contribution in [1.82, 2.24) is 0 Å². The highest BCUT2D eigenvalue weighted by Gasteiger charge is 2.16. The second-order valence-corrected chi connectivity index (χ2v) is 8.08. The van der Waals surface area contributed by atoms with Gasteiger partial charge in [0.15, 0.2) is 0 Å². The molecule has 0 saturated carbocycles. The predicted molar refractivity (Wildman–Crippen MR) is 99.5 cm³/mol. The summed E-state index contributed by atoms with van der Waals surface area (Å²) in [6.07, 6.45) is 0. The first kappa shape index (κ1) is 15.9. The summed E-state index contributed by atoms with van der Waals surface area (Å²) in [5, 5.41) is 0. The number of nitrogens with two attached hydrogens (primary N) is 1. The third kappa shape index (κ3) is 3.61. The summed E-state index contributed by atoms with van der Waals surface area (Å²) in [7, 11) is 0. The highest BCUT2D eigenvalue weighted by Crippen LogP contribution is 2.34. The van der Waals surface area contributed by atoms with Crippen LogP contribution in [0, 0.1) is 10.5 Å². The highest BCUT2D eigenvalue weighted by atomic mass is 127. The van der Waals surface area contributed by atoms with Crippen molar-refractivity contribution in [3.05, 3.63) is 64.0 Å². The molecule has 2 aromatic rings. The molecule has 1 atom stereocenters. The summed E-state index contributed by atoms with van der Waals surface area (Å²) in [6.45, 7) is 2.06. The SMILES string of the molecule is Cc1cc(Br)c(C(N)c2cc(I)ccc2Br)cc1Br. The molecule has 0 aliphatic carbocycles. The Morgan fingerprint density at radius 3 is 2.26 bits per heavy atom. The van der Waals surface area contributed by atoms with Crippen LogP contribution in [0.1, 0.15) is 22.7 Å². The standard InChI is InChI=1S/C14H11Br3IN/c1-7-4-13(17)10(6-12(7)16)14(19)9-5-8(18)2-3-11(9)15/h2-6,14H,19H2,1H3. The monoisotopic (exact) mass is 557 g/mol. The quantitative estimate of drug-likeness (QED) is 0.453. The van der Waals surface area contributed by atoms with Gasteiger partial charge in [0.05, 0.1) is 6.04 Å². The molecule has 1 unspecified atom stereocenters. The Bertz CT molecular complexity index is 628. The van der Waals surface area contributed by atoms with Gasteiger partial charge in [0, 0.05) is 17.0 Å². The van der Waals surface area contributed by atoms with E-state index in [2.05, 4.69) is 102 Å². The fourth-order valence-electron chi connectivity index (χ4n) is 1.82. The largest absolute Gasteiger partial charge is 0.320 e. The molecular weight excluding hydrogens is 549 g/mol. The Morgan fingerprint density at radius 2 is 1.58 bits per heavy atom. The molecule has 0 aliphatic heterocycles. The molecule has 0 aromatic heterocycles. The second-order valence-electron chi connectivity index (χ2n) is 4.27. The Kier molecular flexibility index (Phi) is 5.50. The number of benzene rings is 2. The van der Waals surface area contributed by atoms with Crippen LogP contribution in [-0.2, 0) is 0 Å². The Morgan fingerprint density at radius 1 is 0.947 bits per heavy atom. The topological polar surface area (TPSA) is 26.0 Å². The lowest BCUT2D eigenvalue weighted by atomic mass is 9.99. The Balaban J connectivity index is 2.52. The van der Waals surface area contributed by atoms with Crippen molar-refractivity contribution in [3.8, 4) is 0 Å². The molecule has 0 spiro atoms. The van der Waals surface area contributed by atoms with Gasteiger partial charge in [-0.1, -0.05) is 47.8 Å². The third-order valence-corrected chi connectivity index (χ3v) is 5.84. The molecule has 5 heteroatoms. The van der Waals surface area contributed by atoms with Gasteiger partial charge in [0.1, 0.15) is 0 Å². The maximum Gasteiger partial charge on any atom is 0.0574 e. The van der Waals surface area contributed by atoms with E-state index in [1.165, 1.54) is 9.13 Å². The second kappa shape index (κ2) is 6.56. The zero-order valence-electron chi connectivity index (χ0n) is 10.1. The molecule has 0 amide bonds. The van der Waals surface area contributed by atoms with Gasteiger partial charge in [-0.3, -0.25) is 0 Å². The molecule has 0 aliphatic rings. The first-order valence-electron chi connectivity index (χ1n) is 5.56. The van der Waals surface area contributed by atoms with Gasteiger partial charge in [-0.2, -0.15) is 0 Å². The maximum atomic E-state index is 6.42. The van der Waals surface area contributed by atoms with Gasteiger partial charge in [-0.15, -0.1) is 0 Å². The summed E-state index contributed by atoms with van der Waals surface area (Å²) >= 11 is 13.0. The van der Waals surface area contributed by atoms with Gasteiger partial charge in [-0.25, -0.2) is 0 Å². The number of halogens is 4. The molecular formula is C14H11Br3IN. The van der Waals surface area contributed by atoms with E-state index in [1.54, 1.807) is 0 Å². The predicted octanol–water partition coefficient (Wildman–Crippen LogP) is 5.94. The van der Waals surface area contributed by atoms with Gasteiger partial charge >= 0.3 is 0 Å². The van der Waals surface area contributed by atoms with E-state index in [0.717, 1.165) is 24.5 Å². The summed E-state index contributed by atoms with van der Waals surface area (Å²) < 4.78 is 4.31. The van der Waals surface area contributed by atoms with Crippen molar-refractivity contribution in [2.24, 2.45) is 5.73 Å². The number of hydrogen-bond acceptors (Lipinski definition) is 1. The van der Waals surface area contributed by atoms with Crippen molar-refractivity contribution < 1.29 is 0 Å². The molecule has 0 saturated heterocycles. The minimum absolute atomic E-state index is 0.171. The third-order valence-electron chi connectivity index (χ3n) is 2.91. The van der Waals surface area contributed by atoms with E-state index >= 15 is 0 Å². The summed E-state index contributed by atoms with van der Waals surface area (Å²) in [5.74, 6) is 0. The Labute approximate surface area is 151 Å². The van der Waals surface area contributed by atoms with Gasteiger partial charge in [-0.05, 0) is 76.5 Å². The van der Waals surface area contributed by atoms with Gasteiger partial charge < -0.3 is 5.73 Å². The molecule has 0 bridgehead atoms. The van der Waals surface area contributed by atoms with Gasteiger partial charge in [0.25, 0.3) is 0 Å². The van der Waals surface area contributed by atoms with Crippen LogP contribution in [0.3, 0.4) is 0 Å². The fraction of sp³-hybridized carbons (Fsp3) is 0.143. The van der Waals surface area contributed by atoms with Crippen molar-refractivity contribution >= 4 is 70.4 Å². The number of rotatable bonds is 2. The number of aryl methyl sites for hydroxylation is 1. The summed E-state index contributed by atoms with van der Waals surface area (Å²) in [5.41, 5.74) is 9.76. The minimum Gasteiger partial charge on any atom is -0.320 e. The molecule has 19 heavy (non-hydrogen) atoms. The zero-order chi connectivity index (χ0) is 14.2. The number of hydrogen-bond donors (Lipinski definition) is 1. The molecule has 100 valence electrons. The van der Waals surface area contributed by atoms with Crippen molar-refractivity contribution in [3.63, 3.8) is 0 Å². The zero-order valence-corrected chi connectivity index (χ0v) is 17.0. The van der Waals surface area contributed by atoms with E-state index in [4.69, 9.17) is 5.73 Å². The molecule has 0 fully saturated rings. The van der Waals surface area contributed by atoms with E-state index < -0.39 is 0 Å². The van der Waals surface area contributed by atoms with E-state index in [9.17, 15) is 0 Å². The van der Waals surface area contributed by atoms with Crippen LogP contribution in [0.2, 0.25) is 0 Å². The van der Waals surface area contributed by atoms with Crippen LogP contribution in [0.4, 0.5) is 0 Å². The molecule has 2 aromatic carbocycles. The average Bonchev–Trinajstić information content (AvgIpc) is 2.36. The first-order valence-corrected chi connectivity index (χ1v) is 9.02. The van der Waals surface area contributed by atoms with Crippen LogP contribution in [0.15, 0.2) is 43.7 Å². The van der Waals surface area contributed by atoms with E-state index in [-0.39, 0.29) is 6.04 Å². The normalized spacial score (nSPS) is 12.5. The van der Waals surface area contributed by atoms with Gasteiger partial charge in [0.2, 0.25) is 0 Å². The Hall–Kier alpha value is 0.570. The molecule has 2 rings (SSSR count). The van der Waals surface area contributed by atoms with E-state index in [0.29, 0.717) is 0 Å². The lowest BCUT2D eigenvalue weighted by molar-refractivity contribution is 0.857. The lowest BCUT2D eigenvalue weighted by Crippen LogP contribution is -2.13.